The molecule has 0 aliphatic rings. The standard InChI is InChI=1S/C91H179NO5/c1-3-5-7-9-11-13-15-17-19-21-23-24-44-48-51-55-59-63-67-71-75-79-83-89(94)88(87-93)92-90(95)84-80-76-72-68-64-60-56-52-49-45-42-40-38-36-34-32-30-28-26-25-27-29-31-33-35-37-39-41-43-46-50-54-58-62-66-70-74-78-82-86-97-91(96)85-81-77-73-69-65-61-57-53-47-22-20-18-16-14-12-10-8-6-4-2/h25-26,88-89,93-94H,3-24,27-87H2,1-2H3,(H,92,95)/b26-25-. The SMILES string of the molecule is CCCCCCCCCCCCCCCCCCCCCCCCC(O)C(CO)NC(=O)CCCCCCCCCCCCCCCCCCC/C=C\CCCCCCCCCCCCCCCCCCCCOC(=O)CCCCCCCCCCCCCCCCCCCCC. The quantitative estimate of drug-likeness (QED) is 0.0320. The van der Waals surface area contributed by atoms with Crippen molar-refractivity contribution in [1.29, 1.82) is 0 Å². The van der Waals surface area contributed by atoms with E-state index in [-0.39, 0.29) is 18.5 Å². The molecule has 0 heterocycles. The molecule has 0 bridgehead atoms. The first kappa shape index (κ1) is 95.6. The molecule has 0 aromatic carbocycles. The van der Waals surface area contributed by atoms with Crippen molar-refractivity contribution in [3.8, 4) is 0 Å². The summed E-state index contributed by atoms with van der Waals surface area (Å²) in [6.07, 6.45) is 112. The number of aliphatic hydroxyl groups excluding tert-OH is 2. The van der Waals surface area contributed by atoms with Crippen LogP contribution in [0.5, 0.6) is 0 Å². The van der Waals surface area contributed by atoms with Gasteiger partial charge in [0.1, 0.15) is 0 Å². The predicted octanol–water partition coefficient (Wildman–Crippen LogP) is 30.6. The summed E-state index contributed by atoms with van der Waals surface area (Å²) in [4.78, 5) is 24.7. The van der Waals surface area contributed by atoms with E-state index in [1.54, 1.807) is 0 Å². The first-order valence-electron chi connectivity index (χ1n) is 45.4. The number of unbranched alkanes of at least 4 members (excludes halogenated alkanes) is 74. The number of carbonyl (C=O) groups is 2. The number of nitrogens with one attached hydrogen (secondary N) is 1. The molecule has 2 unspecified atom stereocenters. The van der Waals surface area contributed by atoms with Crippen LogP contribution in [-0.4, -0.2) is 47.4 Å². The first-order valence-corrected chi connectivity index (χ1v) is 45.4. The Labute approximate surface area is 609 Å². The van der Waals surface area contributed by atoms with Crippen LogP contribution in [-0.2, 0) is 14.3 Å². The van der Waals surface area contributed by atoms with Gasteiger partial charge in [0.15, 0.2) is 0 Å². The zero-order chi connectivity index (χ0) is 69.8. The summed E-state index contributed by atoms with van der Waals surface area (Å²) in [5, 5.41) is 23.5. The zero-order valence-electron chi connectivity index (χ0n) is 66.6. The number of aliphatic hydroxyl groups is 2. The second kappa shape index (κ2) is 87.0. The molecule has 0 saturated carbocycles. The van der Waals surface area contributed by atoms with E-state index in [0.717, 1.165) is 38.5 Å². The minimum atomic E-state index is -0.662. The molecule has 3 N–H and O–H groups in total. The van der Waals surface area contributed by atoms with E-state index in [4.69, 9.17) is 4.74 Å². The van der Waals surface area contributed by atoms with Crippen LogP contribution in [0.3, 0.4) is 0 Å². The van der Waals surface area contributed by atoms with Crippen LogP contribution in [0.2, 0.25) is 0 Å². The van der Waals surface area contributed by atoms with E-state index in [2.05, 4.69) is 31.3 Å². The summed E-state index contributed by atoms with van der Waals surface area (Å²) < 4.78 is 5.53. The number of hydrogen-bond donors (Lipinski definition) is 3. The third-order valence-electron chi connectivity index (χ3n) is 21.8. The van der Waals surface area contributed by atoms with Crippen LogP contribution < -0.4 is 5.32 Å². The number of allylic oxidation sites excluding steroid dienone is 2. The van der Waals surface area contributed by atoms with Gasteiger partial charge in [-0.2, -0.15) is 0 Å². The van der Waals surface area contributed by atoms with Gasteiger partial charge in [-0.15, -0.1) is 0 Å². The number of hydrogen-bond acceptors (Lipinski definition) is 5. The van der Waals surface area contributed by atoms with Crippen LogP contribution in [0.4, 0.5) is 0 Å². The van der Waals surface area contributed by atoms with E-state index >= 15 is 0 Å². The molecule has 0 spiro atoms. The van der Waals surface area contributed by atoms with Crippen molar-refractivity contribution in [3.05, 3.63) is 12.2 Å². The van der Waals surface area contributed by atoms with E-state index in [1.165, 1.54) is 462 Å². The normalized spacial score (nSPS) is 12.4. The number of amides is 1. The smallest absolute Gasteiger partial charge is 0.305 e. The lowest BCUT2D eigenvalue weighted by Gasteiger charge is -2.22. The molecule has 0 aromatic rings. The summed E-state index contributed by atoms with van der Waals surface area (Å²) in [5.74, 6) is 0.00476. The molecule has 0 aromatic heterocycles. The second-order valence-electron chi connectivity index (χ2n) is 31.6. The minimum absolute atomic E-state index is 0.0241. The molecule has 2 atom stereocenters. The summed E-state index contributed by atoms with van der Waals surface area (Å²) >= 11 is 0. The van der Waals surface area contributed by atoms with Gasteiger partial charge in [0.05, 0.1) is 25.4 Å². The van der Waals surface area contributed by atoms with Gasteiger partial charge in [0.25, 0.3) is 0 Å². The van der Waals surface area contributed by atoms with Crippen LogP contribution in [0.25, 0.3) is 0 Å². The van der Waals surface area contributed by atoms with Crippen molar-refractivity contribution in [3.63, 3.8) is 0 Å². The maximum Gasteiger partial charge on any atom is 0.305 e. The second-order valence-corrected chi connectivity index (χ2v) is 31.6. The van der Waals surface area contributed by atoms with Gasteiger partial charge >= 0.3 is 5.97 Å². The van der Waals surface area contributed by atoms with Crippen molar-refractivity contribution in [2.24, 2.45) is 0 Å². The largest absolute Gasteiger partial charge is 0.466 e. The van der Waals surface area contributed by atoms with Crippen LogP contribution in [0, 0.1) is 0 Å². The predicted molar refractivity (Wildman–Crippen MR) is 430 cm³/mol. The van der Waals surface area contributed by atoms with Crippen LogP contribution >= 0.6 is 0 Å². The summed E-state index contributed by atoms with van der Waals surface area (Å²) in [6, 6.07) is -0.539. The maximum atomic E-state index is 12.6. The molecule has 1 amide bonds. The number of carbonyl (C=O) groups excluding carboxylic acids is 2. The number of esters is 1. The molecule has 0 aliphatic carbocycles. The zero-order valence-corrected chi connectivity index (χ0v) is 66.6. The molecule has 0 fully saturated rings. The summed E-state index contributed by atoms with van der Waals surface area (Å²) in [6.45, 7) is 5.03. The van der Waals surface area contributed by atoms with Gasteiger partial charge in [-0.3, -0.25) is 9.59 Å². The van der Waals surface area contributed by atoms with Gasteiger partial charge in [0, 0.05) is 12.8 Å². The van der Waals surface area contributed by atoms with Gasteiger partial charge in [-0.1, -0.05) is 482 Å². The minimum Gasteiger partial charge on any atom is -0.466 e. The van der Waals surface area contributed by atoms with E-state index in [1.807, 2.05) is 0 Å². The number of ether oxygens (including phenoxy) is 1. The fourth-order valence-electron chi connectivity index (χ4n) is 14.9. The lowest BCUT2D eigenvalue weighted by Crippen LogP contribution is -2.45. The number of rotatable bonds is 87. The lowest BCUT2D eigenvalue weighted by molar-refractivity contribution is -0.143. The van der Waals surface area contributed by atoms with E-state index in [9.17, 15) is 19.8 Å². The fourth-order valence-corrected chi connectivity index (χ4v) is 14.9. The van der Waals surface area contributed by atoms with Crippen molar-refractivity contribution in [1.82, 2.24) is 5.32 Å². The molecular weight excluding hydrogens is 1190 g/mol. The Morgan fingerprint density at radius 3 is 0.732 bits per heavy atom. The van der Waals surface area contributed by atoms with Crippen LogP contribution in [0.15, 0.2) is 12.2 Å². The fraction of sp³-hybridized carbons (Fsp3) is 0.956. The molecular formula is C91H179NO5. The highest BCUT2D eigenvalue weighted by Crippen LogP contribution is 2.22. The van der Waals surface area contributed by atoms with Gasteiger partial charge in [0.2, 0.25) is 5.91 Å². The van der Waals surface area contributed by atoms with Crippen molar-refractivity contribution >= 4 is 11.9 Å². The molecule has 6 nitrogen and oxygen atoms in total. The Kier molecular flexibility index (Phi) is 85.7. The summed E-state index contributed by atoms with van der Waals surface area (Å²) in [7, 11) is 0. The molecule has 0 rings (SSSR count). The highest BCUT2D eigenvalue weighted by molar-refractivity contribution is 5.76. The van der Waals surface area contributed by atoms with Crippen molar-refractivity contribution < 1.29 is 24.5 Å². The Morgan fingerprint density at radius 2 is 0.485 bits per heavy atom. The Bertz CT molecular complexity index is 1480. The molecule has 0 radical (unpaired) electrons. The Morgan fingerprint density at radius 1 is 0.278 bits per heavy atom. The van der Waals surface area contributed by atoms with Crippen molar-refractivity contribution in [2.45, 2.75) is 546 Å². The van der Waals surface area contributed by atoms with E-state index < -0.39 is 12.1 Å². The van der Waals surface area contributed by atoms with E-state index in [0.29, 0.717) is 25.9 Å². The highest BCUT2D eigenvalue weighted by atomic mass is 16.5. The molecule has 0 saturated heterocycles. The average Bonchev–Trinajstić information content (AvgIpc) is 3.42. The van der Waals surface area contributed by atoms with Gasteiger partial charge in [-0.05, 0) is 51.4 Å². The van der Waals surface area contributed by atoms with Gasteiger partial charge < -0.3 is 20.3 Å². The first-order chi connectivity index (χ1) is 48.0. The lowest BCUT2D eigenvalue weighted by atomic mass is 10.0. The molecule has 0 aliphatic heterocycles. The Balaban J connectivity index is 3.31. The highest BCUT2D eigenvalue weighted by Gasteiger charge is 2.20. The molecule has 97 heavy (non-hydrogen) atoms. The van der Waals surface area contributed by atoms with Crippen LogP contribution in [0.1, 0.15) is 534 Å². The average molecular weight is 1370 g/mol. The molecule has 6 heteroatoms. The topological polar surface area (TPSA) is 95.9 Å². The third kappa shape index (κ3) is 83.4. The summed E-state index contributed by atoms with van der Waals surface area (Å²) in [5.41, 5.74) is 0. The van der Waals surface area contributed by atoms with Gasteiger partial charge in [-0.25, -0.2) is 0 Å². The molecule has 578 valence electrons. The third-order valence-corrected chi connectivity index (χ3v) is 21.8. The van der Waals surface area contributed by atoms with Crippen molar-refractivity contribution in [2.75, 3.05) is 13.2 Å². The maximum absolute atomic E-state index is 12.6. The Hall–Kier alpha value is -1.40. The monoisotopic (exact) mass is 1370 g/mol.